The third-order valence-electron chi connectivity index (χ3n) is 2.36. The zero-order valence-electron chi connectivity index (χ0n) is 9.77. The van der Waals surface area contributed by atoms with Gasteiger partial charge in [-0.25, -0.2) is 17.8 Å². The Hall–Kier alpha value is -1.57. The number of pyridine rings is 1. The summed E-state index contributed by atoms with van der Waals surface area (Å²) in [7, 11) is -4.13. The van der Waals surface area contributed by atoms with E-state index in [9.17, 15) is 12.8 Å². The summed E-state index contributed by atoms with van der Waals surface area (Å²) in [5, 5.41) is -0.870. The van der Waals surface area contributed by atoms with Gasteiger partial charge in [0.25, 0.3) is 10.0 Å². The van der Waals surface area contributed by atoms with Gasteiger partial charge in [0.1, 0.15) is 4.90 Å². The van der Waals surface area contributed by atoms with Gasteiger partial charge >= 0.3 is 0 Å². The highest BCUT2D eigenvalue weighted by molar-refractivity contribution is 7.92. The summed E-state index contributed by atoms with van der Waals surface area (Å²) < 4.78 is 40.0. The highest BCUT2D eigenvalue weighted by atomic mass is 35.5. The van der Waals surface area contributed by atoms with Gasteiger partial charge < -0.3 is 5.73 Å². The van der Waals surface area contributed by atoms with Crippen molar-refractivity contribution in [3.8, 4) is 0 Å². The molecule has 1 heterocycles. The van der Waals surface area contributed by atoms with Crippen LogP contribution in [0.25, 0.3) is 0 Å². The highest BCUT2D eigenvalue weighted by Gasteiger charge is 2.23. The number of nitrogens with zero attached hydrogens (tertiary/aromatic N) is 1. The predicted molar refractivity (Wildman–Crippen MR) is 75.9 cm³/mol. The highest BCUT2D eigenvalue weighted by Crippen LogP contribution is 2.30. The average molecular weight is 336 g/mol. The van der Waals surface area contributed by atoms with Crippen LogP contribution in [0.1, 0.15) is 0 Å². The molecule has 0 atom stereocenters. The minimum Gasteiger partial charge on any atom is -0.396 e. The maximum absolute atomic E-state index is 13.5. The minimum absolute atomic E-state index is 0.0704. The largest absolute Gasteiger partial charge is 0.396 e. The van der Waals surface area contributed by atoms with Crippen molar-refractivity contribution in [2.24, 2.45) is 0 Å². The molecule has 0 unspecified atom stereocenters. The van der Waals surface area contributed by atoms with Crippen molar-refractivity contribution in [2.75, 3.05) is 10.5 Å². The van der Waals surface area contributed by atoms with E-state index in [1.807, 2.05) is 0 Å². The Morgan fingerprint density at radius 1 is 1.25 bits per heavy atom. The van der Waals surface area contributed by atoms with Crippen molar-refractivity contribution >= 4 is 44.7 Å². The van der Waals surface area contributed by atoms with Gasteiger partial charge in [0.05, 0.1) is 15.7 Å². The zero-order chi connectivity index (χ0) is 14.9. The third kappa shape index (κ3) is 2.79. The number of anilines is 2. The Balaban J connectivity index is 2.47. The molecule has 0 aliphatic rings. The van der Waals surface area contributed by atoms with Crippen LogP contribution in [0.2, 0.25) is 10.0 Å². The summed E-state index contributed by atoms with van der Waals surface area (Å²) in [4.78, 5) is 3.33. The molecule has 9 heteroatoms. The number of nitrogens with two attached hydrogens (primary N) is 1. The van der Waals surface area contributed by atoms with Crippen molar-refractivity contribution in [3.05, 3.63) is 46.3 Å². The number of sulfonamides is 1. The van der Waals surface area contributed by atoms with Gasteiger partial charge in [0, 0.05) is 6.20 Å². The molecule has 0 saturated carbocycles. The molecular formula is C11H8Cl2FN3O2S. The number of benzene rings is 1. The smallest absolute Gasteiger partial charge is 0.264 e. The lowest BCUT2D eigenvalue weighted by Gasteiger charge is -2.11. The summed E-state index contributed by atoms with van der Waals surface area (Å²) in [6, 6.07) is 5.20. The lowest BCUT2D eigenvalue weighted by molar-refractivity contribution is 0.595. The van der Waals surface area contributed by atoms with Crippen molar-refractivity contribution in [3.63, 3.8) is 0 Å². The molecular weight excluding hydrogens is 328 g/mol. The molecule has 1 aromatic carbocycles. The average Bonchev–Trinajstić information content (AvgIpc) is 2.38. The minimum atomic E-state index is -4.13. The van der Waals surface area contributed by atoms with Gasteiger partial charge in [-0.3, -0.25) is 4.72 Å². The van der Waals surface area contributed by atoms with Crippen molar-refractivity contribution < 1.29 is 12.8 Å². The summed E-state index contributed by atoms with van der Waals surface area (Å²) in [5.41, 5.74) is 5.71. The summed E-state index contributed by atoms with van der Waals surface area (Å²) in [6.45, 7) is 0. The van der Waals surface area contributed by atoms with E-state index in [1.165, 1.54) is 12.3 Å². The maximum atomic E-state index is 13.5. The Morgan fingerprint density at radius 3 is 2.60 bits per heavy atom. The summed E-state index contributed by atoms with van der Waals surface area (Å²) in [6.07, 6.45) is 1.36. The van der Waals surface area contributed by atoms with Crippen LogP contribution in [-0.4, -0.2) is 13.4 Å². The quantitative estimate of drug-likeness (QED) is 0.844. The maximum Gasteiger partial charge on any atom is 0.264 e. The van der Waals surface area contributed by atoms with E-state index in [2.05, 4.69) is 9.71 Å². The first-order valence-corrected chi connectivity index (χ1v) is 7.43. The van der Waals surface area contributed by atoms with Gasteiger partial charge in [-0.15, -0.1) is 0 Å². The lowest BCUT2D eigenvalue weighted by Crippen LogP contribution is -2.16. The molecule has 106 valence electrons. The van der Waals surface area contributed by atoms with E-state index in [1.54, 1.807) is 6.07 Å². The van der Waals surface area contributed by atoms with E-state index in [-0.39, 0.29) is 16.5 Å². The number of hydrogen-bond acceptors (Lipinski definition) is 4. The van der Waals surface area contributed by atoms with Gasteiger partial charge in [-0.1, -0.05) is 23.2 Å². The van der Waals surface area contributed by atoms with E-state index in [4.69, 9.17) is 28.9 Å². The second-order valence-corrected chi connectivity index (χ2v) is 6.16. The normalized spacial score (nSPS) is 11.3. The van der Waals surface area contributed by atoms with Gasteiger partial charge in [0.15, 0.2) is 11.6 Å². The van der Waals surface area contributed by atoms with Crippen LogP contribution in [-0.2, 0) is 10.0 Å². The fourth-order valence-corrected chi connectivity index (χ4v) is 3.18. The molecule has 0 spiro atoms. The van der Waals surface area contributed by atoms with Gasteiger partial charge in [-0.2, -0.15) is 0 Å². The molecule has 2 rings (SSSR count). The molecule has 0 saturated heterocycles. The monoisotopic (exact) mass is 335 g/mol. The Labute approximate surface area is 124 Å². The first kappa shape index (κ1) is 14.8. The number of hydrogen-bond donors (Lipinski definition) is 2. The molecule has 0 fully saturated rings. The van der Waals surface area contributed by atoms with Crippen LogP contribution >= 0.6 is 23.2 Å². The van der Waals surface area contributed by atoms with E-state index in [0.717, 1.165) is 12.1 Å². The van der Waals surface area contributed by atoms with Crippen LogP contribution in [0.3, 0.4) is 0 Å². The molecule has 5 nitrogen and oxygen atoms in total. The van der Waals surface area contributed by atoms with Gasteiger partial charge in [-0.05, 0) is 24.3 Å². The van der Waals surface area contributed by atoms with Crippen LogP contribution in [0.4, 0.5) is 15.9 Å². The Morgan fingerprint density at radius 2 is 1.95 bits per heavy atom. The predicted octanol–water partition coefficient (Wildman–Crippen LogP) is 2.91. The first-order valence-electron chi connectivity index (χ1n) is 5.20. The molecule has 0 aliphatic carbocycles. The topological polar surface area (TPSA) is 85.1 Å². The third-order valence-corrected chi connectivity index (χ3v) is 4.51. The standard InChI is InChI=1S/C11H8Cl2FN3O2S/c12-6-3-4-8(9(13)10(6)14)20(18,19)17-11-7(15)2-1-5-16-11/h1-5H,15H2,(H,16,17). The molecule has 0 amide bonds. The summed E-state index contributed by atoms with van der Waals surface area (Å²) >= 11 is 11.2. The fraction of sp³-hybridized carbons (Fsp3) is 0. The van der Waals surface area contributed by atoms with Crippen molar-refractivity contribution in [1.82, 2.24) is 4.98 Å². The van der Waals surface area contributed by atoms with Crippen LogP contribution < -0.4 is 10.5 Å². The Kier molecular flexibility index (Phi) is 4.03. The zero-order valence-corrected chi connectivity index (χ0v) is 12.1. The van der Waals surface area contributed by atoms with Crippen LogP contribution in [0.15, 0.2) is 35.4 Å². The number of nitrogens with one attached hydrogen (secondary N) is 1. The molecule has 0 radical (unpaired) electrons. The van der Waals surface area contributed by atoms with Crippen LogP contribution in [0.5, 0.6) is 0 Å². The second-order valence-electron chi connectivity index (χ2n) is 3.72. The first-order chi connectivity index (χ1) is 9.33. The SMILES string of the molecule is Nc1cccnc1NS(=O)(=O)c1ccc(Cl)c(F)c1Cl. The molecule has 1 aromatic heterocycles. The second kappa shape index (κ2) is 5.43. The van der Waals surface area contributed by atoms with Gasteiger partial charge in [0.2, 0.25) is 0 Å². The fourth-order valence-electron chi connectivity index (χ4n) is 1.40. The van der Waals surface area contributed by atoms with Crippen LogP contribution in [0, 0.1) is 5.82 Å². The number of halogens is 3. The Bertz CT molecular complexity index is 768. The molecule has 2 aromatic rings. The van der Waals surface area contributed by atoms with E-state index < -0.39 is 25.8 Å². The molecule has 3 N–H and O–H groups in total. The van der Waals surface area contributed by atoms with Crippen molar-refractivity contribution in [2.45, 2.75) is 4.90 Å². The summed E-state index contributed by atoms with van der Waals surface area (Å²) in [5.74, 6) is -1.08. The molecule has 0 bridgehead atoms. The number of aromatic nitrogens is 1. The number of rotatable bonds is 3. The van der Waals surface area contributed by atoms with Crippen molar-refractivity contribution in [1.29, 1.82) is 0 Å². The molecule has 0 aliphatic heterocycles. The lowest BCUT2D eigenvalue weighted by atomic mass is 10.3. The molecule has 20 heavy (non-hydrogen) atoms. The van der Waals surface area contributed by atoms with E-state index in [0.29, 0.717) is 0 Å². The number of nitrogen functional groups attached to an aromatic ring is 1. The van der Waals surface area contributed by atoms with E-state index >= 15 is 0 Å².